The van der Waals surface area contributed by atoms with E-state index in [0.29, 0.717) is 41.9 Å². The van der Waals surface area contributed by atoms with Crippen LogP contribution in [0.1, 0.15) is 25.8 Å². The summed E-state index contributed by atoms with van der Waals surface area (Å²) in [6, 6.07) is 8.80. The molecule has 11 heteroatoms. The first-order chi connectivity index (χ1) is 14.8. The molecule has 0 saturated carbocycles. The Hall–Kier alpha value is -3.34. The van der Waals surface area contributed by atoms with Crippen molar-refractivity contribution in [2.45, 2.75) is 6.18 Å². The van der Waals surface area contributed by atoms with Crippen molar-refractivity contribution in [1.82, 2.24) is 9.88 Å². The van der Waals surface area contributed by atoms with Crippen LogP contribution in [0.25, 0.3) is 0 Å². The van der Waals surface area contributed by atoms with Crippen molar-refractivity contribution in [3.05, 3.63) is 65.1 Å². The third-order valence-corrected chi connectivity index (χ3v) is 5.75. The number of hydrogen-bond acceptors (Lipinski definition) is 6. The zero-order chi connectivity index (χ0) is 22.0. The van der Waals surface area contributed by atoms with Gasteiger partial charge in [-0.15, -0.1) is 11.3 Å². The van der Waals surface area contributed by atoms with Gasteiger partial charge in [0.1, 0.15) is 5.82 Å². The lowest BCUT2D eigenvalue weighted by Crippen LogP contribution is -2.48. The molecule has 0 spiro atoms. The standard InChI is InChI=1S/C20H17F3N4O3S/c21-20(22,23)13-3-5-16(24-12-13)26-7-9-27(10-8-26)19(29)15-4-6-17(31-15)25-18(28)14-2-1-11-30-14/h1-6,11-12H,7-10H2,(H,25,28). The molecule has 2 amide bonds. The summed E-state index contributed by atoms with van der Waals surface area (Å²) in [6.07, 6.45) is -2.21. The molecule has 31 heavy (non-hydrogen) atoms. The number of aromatic nitrogens is 1. The molecular weight excluding hydrogens is 433 g/mol. The highest BCUT2D eigenvalue weighted by Gasteiger charge is 2.31. The number of carbonyl (C=O) groups is 2. The molecule has 162 valence electrons. The smallest absolute Gasteiger partial charge is 0.417 e. The van der Waals surface area contributed by atoms with E-state index in [1.807, 2.05) is 4.90 Å². The van der Waals surface area contributed by atoms with Gasteiger partial charge in [-0.3, -0.25) is 9.59 Å². The molecule has 0 atom stereocenters. The summed E-state index contributed by atoms with van der Waals surface area (Å²) in [7, 11) is 0. The minimum absolute atomic E-state index is 0.163. The summed E-state index contributed by atoms with van der Waals surface area (Å²) < 4.78 is 43.1. The molecule has 0 bridgehead atoms. The van der Waals surface area contributed by atoms with Crippen molar-refractivity contribution in [2.24, 2.45) is 0 Å². The average molecular weight is 450 g/mol. The largest absolute Gasteiger partial charge is 0.459 e. The second kappa shape index (κ2) is 8.42. The Labute approximate surface area is 179 Å². The van der Waals surface area contributed by atoms with E-state index in [9.17, 15) is 22.8 Å². The molecule has 3 aromatic heterocycles. The highest BCUT2D eigenvalue weighted by Crippen LogP contribution is 2.30. The lowest BCUT2D eigenvalue weighted by Gasteiger charge is -2.35. The number of nitrogens with one attached hydrogen (secondary N) is 1. The summed E-state index contributed by atoms with van der Waals surface area (Å²) >= 11 is 1.16. The van der Waals surface area contributed by atoms with Crippen LogP contribution in [-0.2, 0) is 6.18 Å². The summed E-state index contributed by atoms with van der Waals surface area (Å²) in [4.78, 5) is 32.7. The maximum atomic E-state index is 12.8. The number of rotatable bonds is 4. The second-order valence-electron chi connectivity index (χ2n) is 6.78. The molecule has 0 aliphatic carbocycles. The van der Waals surface area contributed by atoms with E-state index in [1.165, 1.54) is 12.3 Å². The molecule has 0 aromatic carbocycles. The highest BCUT2D eigenvalue weighted by atomic mass is 32.1. The van der Waals surface area contributed by atoms with Gasteiger partial charge in [-0.25, -0.2) is 4.98 Å². The van der Waals surface area contributed by atoms with Gasteiger partial charge in [-0.1, -0.05) is 0 Å². The van der Waals surface area contributed by atoms with Gasteiger partial charge < -0.3 is 19.5 Å². The number of anilines is 2. The van der Waals surface area contributed by atoms with Gasteiger partial charge in [0.15, 0.2) is 5.76 Å². The fraction of sp³-hybridized carbons (Fsp3) is 0.250. The average Bonchev–Trinajstić information content (AvgIpc) is 3.45. The van der Waals surface area contributed by atoms with Crippen molar-refractivity contribution in [3.8, 4) is 0 Å². The number of carbonyl (C=O) groups excluding carboxylic acids is 2. The fourth-order valence-corrected chi connectivity index (χ4v) is 4.01. The van der Waals surface area contributed by atoms with E-state index >= 15 is 0 Å². The monoisotopic (exact) mass is 450 g/mol. The Morgan fingerprint density at radius 2 is 1.84 bits per heavy atom. The van der Waals surface area contributed by atoms with Gasteiger partial charge in [0.25, 0.3) is 11.8 Å². The number of amides is 2. The Morgan fingerprint density at radius 1 is 1.06 bits per heavy atom. The molecule has 7 nitrogen and oxygen atoms in total. The van der Waals surface area contributed by atoms with Gasteiger partial charge in [0, 0.05) is 32.4 Å². The third kappa shape index (κ3) is 4.71. The Balaban J connectivity index is 1.33. The minimum Gasteiger partial charge on any atom is -0.459 e. The first kappa shape index (κ1) is 20.9. The van der Waals surface area contributed by atoms with Crippen LogP contribution in [0.2, 0.25) is 0 Å². The number of piperazine rings is 1. The van der Waals surface area contributed by atoms with Crippen LogP contribution in [0.5, 0.6) is 0 Å². The molecule has 0 unspecified atom stereocenters. The minimum atomic E-state index is -4.42. The van der Waals surface area contributed by atoms with Crippen LogP contribution in [0.15, 0.2) is 53.3 Å². The van der Waals surface area contributed by atoms with Crippen LogP contribution in [-0.4, -0.2) is 47.9 Å². The molecule has 1 aliphatic heterocycles. The number of hydrogen-bond donors (Lipinski definition) is 1. The number of pyridine rings is 1. The number of alkyl halides is 3. The zero-order valence-electron chi connectivity index (χ0n) is 16.1. The maximum absolute atomic E-state index is 12.8. The van der Waals surface area contributed by atoms with E-state index < -0.39 is 17.6 Å². The SMILES string of the molecule is O=C(Nc1ccc(C(=O)N2CCN(c3ccc(C(F)(F)F)cn3)CC2)s1)c1ccco1. The summed E-state index contributed by atoms with van der Waals surface area (Å²) in [5, 5.41) is 3.21. The lowest BCUT2D eigenvalue weighted by molar-refractivity contribution is -0.137. The van der Waals surface area contributed by atoms with Gasteiger partial charge in [0.05, 0.1) is 21.7 Å². The van der Waals surface area contributed by atoms with Crippen LogP contribution in [0.3, 0.4) is 0 Å². The predicted octanol–water partition coefficient (Wildman–Crippen LogP) is 3.97. The second-order valence-corrected chi connectivity index (χ2v) is 7.86. The van der Waals surface area contributed by atoms with Crippen LogP contribution >= 0.6 is 11.3 Å². The summed E-state index contributed by atoms with van der Waals surface area (Å²) in [5.41, 5.74) is -0.794. The van der Waals surface area contributed by atoms with Crippen LogP contribution in [0, 0.1) is 0 Å². The fourth-order valence-electron chi connectivity index (χ4n) is 3.14. The van der Waals surface area contributed by atoms with E-state index in [-0.39, 0.29) is 11.7 Å². The molecule has 3 aromatic rings. The molecule has 4 heterocycles. The van der Waals surface area contributed by atoms with E-state index in [1.54, 1.807) is 29.2 Å². The van der Waals surface area contributed by atoms with Crippen molar-refractivity contribution < 1.29 is 27.2 Å². The summed E-state index contributed by atoms with van der Waals surface area (Å²) in [5.74, 6) is 0.0560. The predicted molar refractivity (Wildman–Crippen MR) is 108 cm³/mol. The molecular formula is C20H17F3N4O3S. The van der Waals surface area contributed by atoms with E-state index in [2.05, 4.69) is 10.3 Å². The van der Waals surface area contributed by atoms with E-state index in [0.717, 1.165) is 23.6 Å². The Morgan fingerprint density at radius 3 is 2.45 bits per heavy atom. The molecule has 1 saturated heterocycles. The Kier molecular flexibility index (Phi) is 5.68. The molecule has 1 N–H and O–H groups in total. The molecule has 0 radical (unpaired) electrons. The van der Waals surface area contributed by atoms with Crippen molar-refractivity contribution >= 4 is 34.0 Å². The van der Waals surface area contributed by atoms with Crippen LogP contribution < -0.4 is 10.2 Å². The zero-order valence-corrected chi connectivity index (χ0v) is 16.9. The highest BCUT2D eigenvalue weighted by molar-refractivity contribution is 7.18. The molecule has 1 aliphatic rings. The van der Waals surface area contributed by atoms with Gasteiger partial charge in [-0.05, 0) is 36.4 Å². The van der Waals surface area contributed by atoms with Crippen LogP contribution in [0.4, 0.5) is 24.0 Å². The first-order valence-corrected chi connectivity index (χ1v) is 10.1. The molecule has 4 rings (SSSR count). The quantitative estimate of drug-likeness (QED) is 0.651. The van der Waals surface area contributed by atoms with Gasteiger partial charge in [-0.2, -0.15) is 13.2 Å². The van der Waals surface area contributed by atoms with Crippen molar-refractivity contribution in [3.63, 3.8) is 0 Å². The van der Waals surface area contributed by atoms with Crippen molar-refractivity contribution in [1.29, 1.82) is 0 Å². The molecule has 1 fully saturated rings. The van der Waals surface area contributed by atoms with Crippen molar-refractivity contribution in [2.75, 3.05) is 36.4 Å². The Bertz CT molecular complexity index is 1060. The number of thiophene rings is 1. The maximum Gasteiger partial charge on any atom is 0.417 e. The van der Waals surface area contributed by atoms with E-state index in [4.69, 9.17) is 4.42 Å². The normalized spacial score (nSPS) is 14.5. The van der Waals surface area contributed by atoms with Gasteiger partial charge in [0.2, 0.25) is 0 Å². The number of nitrogens with zero attached hydrogens (tertiary/aromatic N) is 3. The van der Waals surface area contributed by atoms with Gasteiger partial charge >= 0.3 is 6.18 Å². The lowest BCUT2D eigenvalue weighted by atomic mass is 10.2. The number of halogens is 3. The topological polar surface area (TPSA) is 78.7 Å². The number of furan rings is 1. The summed E-state index contributed by atoms with van der Waals surface area (Å²) in [6.45, 7) is 1.73. The third-order valence-electron chi connectivity index (χ3n) is 4.76. The first-order valence-electron chi connectivity index (χ1n) is 9.33.